The standard InChI is InChI=1S/C23H31NO4/c1-18-5-3-6-19(13-18)14-24(16-23-7-4-12-27-23)15-20(25)17-28-22-10-8-21(26-2)9-11-22/h3,5-6,8-11,13,20,23,25H,4,7,12,14-17H2,1-2H3/t20-,23+/m0/s1. The zero-order chi connectivity index (χ0) is 19.8. The van der Waals surface area contributed by atoms with Gasteiger partial charge in [-0.05, 0) is 49.6 Å². The van der Waals surface area contributed by atoms with Crippen molar-refractivity contribution in [3.8, 4) is 11.5 Å². The Hall–Kier alpha value is -2.08. The summed E-state index contributed by atoms with van der Waals surface area (Å²) < 4.78 is 16.7. The van der Waals surface area contributed by atoms with Gasteiger partial charge in [0, 0.05) is 26.2 Å². The lowest BCUT2D eigenvalue weighted by molar-refractivity contribution is 0.0313. The van der Waals surface area contributed by atoms with Crippen LogP contribution in [0.15, 0.2) is 48.5 Å². The fraction of sp³-hybridized carbons (Fsp3) is 0.478. The SMILES string of the molecule is COc1ccc(OC[C@@H](O)CN(Cc2cccc(C)c2)C[C@H]2CCCO2)cc1. The molecule has 0 spiro atoms. The average molecular weight is 386 g/mol. The van der Waals surface area contributed by atoms with Crippen molar-refractivity contribution in [3.05, 3.63) is 59.7 Å². The van der Waals surface area contributed by atoms with Crippen LogP contribution in [0.4, 0.5) is 0 Å². The highest BCUT2D eigenvalue weighted by Crippen LogP contribution is 2.18. The van der Waals surface area contributed by atoms with Gasteiger partial charge in [-0.25, -0.2) is 0 Å². The predicted octanol–water partition coefficient (Wildman–Crippen LogP) is 3.42. The lowest BCUT2D eigenvalue weighted by atomic mass is 10.1. The first-order valence-corrected chi connectivity index (χ1v) is 9.97. The Morgan fingerprint density at radius 3 is 2.64 bits per heavy atom. The van der Waals surface area contributed by atoms with Crippen molar-refractivity contribution in [2.75, 3.05) is 33.4 Å². The molecule has 5 nitrogen and oxygen atoms in total. The summed E-state index contributed by atoms with van der Waals surface area (Å²) in [5.41, 5.74) is 2.50. The molecule has 1 N–H and O–H groups in total. The third-order valence-electron chi connectivity index (χ3n) is 4.95. The molecular formula is C23H31NO4. The molecule has 1 fully saturated rings. The van der Waals surface area contributed by atoms with Crippen LogP contribution in [0.3, 0.4) is 0 Å². The minimum Gasteiger partial charge on any atom is -0.497 e. The molecule has 3 rings (SSSR count). The van der Waals surface area contributed by atoms with Gasteiger partial charge in [0.2, 0.25) is 0 Å². The fourth-order valence-corrected chi connectivity index (χ4v) is 3.56. The Labute approximate surface area is 167 Å². The van der Waals surface area contributed by atoms with Crippen LogP contribution in [0.25, 0.3) is 0 Å². The Kier molecular flexibility index (Phi) is 7.71. The lowest BCUT2D eigenvalue weighted by Crippen LogP contribution is -2.39. The van der Waals surface area contributed by atoms with E-state index in [-0.39, 0.29) is 12.7 Å². The molecule has 0 saturated carbocycles. The maximum Gasteiger partial charge on any atom is 0.119 e. The molecule has 152 valence electrons. The average Bonchev–Trinajstić information content (AvgIpc) is 3.20. The number of hydrogen-bond acceptors (Lipinski definition) is 5. The van der Waals surface area contributed by atoms with Crippen molar-refractivity contribution in [2.24, 2.45) is 0 Å². The molecule has 0 unspecified atom stereocenters. The van der Waals surface area contributed by atoms with Crippen LogP contribution in [-0.4, -0.2) is 55.6 Å². The molecule has 1 aliphatic rings. The smallest absolute Gasteiger partial charge is 0.119 e. The van der Waals surface area contributed by atoms with Crippen LogP contribution in [-0.2, 0) is 11.3 Å². The second-order valence-corrected chi connectivity index (χ2v) is 7.46. The van der Waals surface area contributed by atoms with E-state index in [1.807, 2.05) is 24.3 Å². The summed E-state index contributed by atoms with van der Waals surface area (Å²) in [7, 11) is 1.64. The van der Waals surface area contributed by atoms with Gasteiger partial charge in [0.05, 0.1) is 13.2 Å². The van der Waals surface area contributed by atoms with Crippen molar-refractivity contribution in [2.45, 2.75) is 38.5 Å². The van der Waals surface area contributed by atoms with E-state index in [2.05, 4.69) is 36.1 Å². The van der Waals surface area contributed by atoms with Gasteiger partial charge in [-0.15, -0.1) is 0 Å². The third kappa shape index (κ3) is 6.51. The van der Waals surface area contributed by atoms with Crippen molar-refractivity contribution in [1.82, 2.24) is 4.90 Å². The number of aliphatic hydroxyl groups excluding tert-OH is 1. The number of aryl methyl sites for hydroxylation is 1. The minimum atomic E-state index is -0.576. The molecule has 2 aromatic rings. The van der Waals surface area contributed by atoms with Crippen LogP contribution in [0.1, 0.15) is 24.0 Å². The Balaban J connectivity index is 1.55. The predicted molar refractivity (Wildman–Crippen MR) is 110 cm³/mol. The molecule has 1 aliphatic heterocycles. The summed E-state index contributed by atoms with van der Waals surface area (Å²) in [6, 6.07) is 15.9. The summed E-state index contributed by atoms with van der Waals surface area (Å²) in [5.74, 6) is 1.51. The van der Waals surface area contributed by atoms with E-state index in [4.69, 9.17) is 14.2 Å². The van der Waals surface area contributed by atoms with Gasteiger partial charge < -0.3 is 19.3 Å². The van der Waals surface area contributed by atoms with E-state index in [1.54, 1.807) is 7.11 Å². The third-order valence-corrected chi connectivity index (χ3v) is 4.95. The zero-order valence-electron chi connectivity index (χ0n) is 16.8. The van der Waals surface area contributed by atoms with E-state index in [9.17, 15) is 5.11 Å². The van der Waals surface area contributed by atoms with Gasteiger partial charge in [-0.3, -0.25) is 4.90 Å². The first kappa shape index (κ1) is 20.6. The van der Waals surface area contributed by atoms with E-state index in [1.165, 1.54) is 11.1 Å². The van der Waals surface area contributed by atoms with Crippen molar-refractivity contribution >= 4 is 0 Å². The Morgan fingerprint density at radius 2 is 1.96 bits per heavy atom. The van der Waals surface area contributed by atoms with Gasteiger partial charge in [-0.1, -0.05) is 29.8 Å². The summed E-state index contributed by atoms with van der Waals surface area (Å²) >= 11 is 0. The number of hydrogen-bond donors (Lipinski definition) is 1. The fourth-order valence-electron chi connectivity index (χ4n) is 3.56. The number of aliphatic hydroxyl groups is 1. The van der Waals surface area contributed by atoms with E-state index in [0.717, 1.165) is 44.0 Å². The van der Waals surface area contributed by atoms with Crippen LogP contribution in [0.2, 0.25) is 0 Å². The highest BCUT2D eigenvalue weighted by molar-refractivity contribution is 5.31. The lowest BCUT2D eigenvalue weighted by Gasteiger charge is -2.27. The maximum absolute atomic E-state index is 10.6. The first-order valence-electron chi connectivity index (χ1n) is 9.97. The molecule has 2 aromatic carbocycles. The number of ether oxygens (including phenoxy) is 3. The number of rotatable bonds is 10. The van der Waals surface area contributed by atoms with Crippen molar-refractivity contribution < 1.29 is 19.3 Å². The molecular weight excluding hydrogens is 354 g/mol. The van der Waals surface area contributed by atoms with Gasteiger partial charge in [-0.2, -0.15) is 0 Å². The zero-order valence-corrected chi connectivity index (χ0v) is 16.8. The highest BCUT2D eigenvalue weighted by atomic mass is 16.5. The summed E-state index contributed by atoms with van der Waals surface area (Å²) in [5, 5.41) is 10.6. The van der Waals surface area contributed by atoms with Crippen LogP contribution >= 0.6 is 0 Å². The molecule has 1 heterocycles. The van der Waals surface area contributed by atoms with Crippen LogP contribution in [0, 0.1) is 6.92 Å². The van der Waals surface area contributed by atoms with Crippen molar-refractivity contribution in [3.63, 3.8) is 0 Å². The molecule has 0 aromatic heterocycles. The van der Waals surface area contributed by atoms with E-state index in [0.29, 0.717) is 6.54 Å². The van der Waals surface area contributed by atoms with Gasteiger partial charge in [0.15, 0.2) is 0 Å². The van der Waals surface area contributed by atoms with E-state index < -0.39 is 6.10 Å². The van der Waals surface area contributed by atoms with Crippen molar-refractivity contribution in [1.29, 1.82) is 0 Å². The van der Waals surface area contributed by atoms with Crippen LogP contribution < -0.4 is 9.47 Å². The molecule has 5 heteroatoms. The summed E-state index contributed by atoms with van der Waals surface area (Å²) in [4.78, 5) is 2.27. The topological polar surface area (TPSA) is 51.2 Å². The largest absolute Gasteiger partial charge is 0.497 e. The molecule has 28 heavy (non-hydrogen) atoms. The monoisotopic (exact) mass is 385 g/mol. The molecule has 0 bridgehead atoms. The normalized spacial score (nSPS) is 17.6. The Morgan fingerprint density at radius 1 is 1.18 bits per heavy atom. The Bertz CT molecular complexity index is 713. The number of methoxy groups -OCH3 is 1. The summed E-state index contributed by atoms with van der Waals surface area (Å²) in [6.45, 7) is 5.36. The molecule has 0 radical (unpaired) electrons. The quantitative estimate of drug-likeness (QED) is 0.679. The molecule has 0 aliphatic carbocycles. The minimum absolute atomic E-state index is 0.250. The van der Waals surface area contributed by atoms with E-state index >= 15 is 0 Å². The second kappa shape index (κ2) is 10.5. The molecule has 1 saturated heterocycles. The van der Waals surface area contributed by atoms with Gasteiger partial charge >= 0.3 is 0 Å². The summed E-state index contributed by atoms with van der Waals surface area (Å²) in [6.07, 6.45) is 1.88. The van der Waals surface area contributed by atoms with Gasteiger partial charge in [0.1, 0.15) is 24.2 Å². The van der Waals surface area contributed by atoms with Crippen LogP contribution in [0.5, 0.6) is 11.5 Å². The molecule has 0 amide bonds. The second-order valence-electron chi connectivity index (χ2n) is 7.46. The number of benzene rings is 2. The molecule has 2 atom stereocenters. The highest BCUT2D eigenvalue weighted by Gasteiger charge is 2.21. The maximum atomic E-state index is 10.6. The van der Waals surface area contributed by atoms with Gasteiger partial charge in [0.25, 0.3) is 0 Å². The first-order chi connectivity index (χ1) is 13.6. The number of nitrogens with zero attached hydrogens (tertiary/aromatic N) is 1.